The van der Waals surface area contributed by atoms with Gasteiger partial charge >= 0.3 is 0 Å². The second-order valence-corrected chi connectivity index (χ2v) is 7.43. The molecule has 0 amide bonds. The van der Waals surface area contributed by atoms with Gasteiger partial charge in [-0.1, -0.05) is 35.9 Å². The van der Waals surface area contributed by atoms with Gasteiger partial charge in [-0.2, -0.15) is 0 Å². The maximum absolute atomic E-state index is 12.4. The minimum Gasteiger partial charge on any atom is -0.457 e. The lowest BCUT2D eigenvalue weighted by Crippen LogP contribution is -2.25. The van der Waals surface area contributed by atoms with Gasteiger partial charge in [0.15, 0.2) is 5.03 Å². The van der Waals surface area contributed by atoms with Gasteiger partial charge in [-0.25, -0.2) is 18.1 Å². The van der Waals surface area contributed by atoms with E-state index in [1.807, 2.05) is 43.3 Å². The van der Waals surface area contributed by atoms with Crippen molar-refractivity contribution >= 4 is 15.7 Å². The van der Waals surface area contributed by atoms with Crippen molar-refractivity contribution < 1.29 is 13.2 Å². The van der Waals surface area contributed by atoms with E-state index in [0.29, 0.717) is 17.1 Å². The van der Waals surface area contributed by atoms with E-state index >= 15 is 0 Å². The Morgan fingerprint density at radius 3 is 2.50 bits per heavy atom. The first-order valence-electron chi connectivity index (χ1n) is 7.98. The number of sulfonamides is 1. The number of ether oxygens (including phenoxy) is 1. The fourth-order valence-corrected chi connectivity index (χ4v) is 3.41. The number of aromatic nitrogens is 1. The molecule has 0 bridgehead atoms. The van der Waals surface area contributed by atoms with E-state index in [1.54, 1.807) is 18.2 Å². The van der Waals surface area contributed by atoms with Crippen molar-refractivity contribution in [3.63, 3.8) is 0 Å². The quantitative estimate of drug-likeness (QED) is 0.695. The molecule has 3 rings (SSSR count). The Balaban J connectivity index is 1.78. The average molecular weight is 369 g/mol. The molecule has 134 valence electrons. The highest BCUT2D eigenvalue weighted by atomic mass is 32.2. The lowest BCUT2D eigenvalue weighted by Gasteiger charge is -2.12. The molecule has 0 fully saturated rings. The molecule has 0 spiro atoms. The Hall–Kier alpha value is -2.90. The molecule has 7 heteroatoms. The van der Waals surface area contributed by atoms with E-state index < -0.39 is 10.0 Å². The highest BCUT2D eigenvalue weighted by Crippen LogP contribution is 2.26. The minimum absolute atomic E-state index is 0.0559. The molecule has 0 saturated carbocycles. The van der Waals surface area contributed by atoms with Crippen LogP contribution in [0.25, 0.3) is 0 Å². The number of hydrogen-bond acceptors (Lipinski definition) is 5. The molecular formula is C19H19N3O3S. The average Bonchev–Trinajstić information content (AvgIpc) is 2.63. The van der Waals surface area contributed by atoms with Crippen LogP contribution >= 0.6 is 0 Å². The number of hydrogen-bond donors (Lipinski definition) is 2. The molecule has 3 N–H and O–H groups in total. The van der Waals surface area contributed by atoms with Crippen LogP contribution in [-0.2, 0) is 16.6 Å². The maximum Gasteiger partial charge on any atom is 0.260 e. The van der Waals surface area contributed by atoms with Gasteiger partial charge in [0.1, 0.15) is 11.5 Å². The number of nitrogen functional groups attached to an aromatic ring is 1. The molecule has 6 nitrogen and oxygen atoms in total. The molecule has 2 aromatic carbocycles. The lowest BCUT2D eigenvalue weighted by atomic mass is 10.2. The van der Waals surface area contributed by atoms with Crippen LogP contribution in [0.3, 0.4) is 0 Å². The summed E-state index contributed by atoms with van der Waals surface area (Å²) in [4.78, 5) is 3.85. The van der Waals surface area contributed by atoms with Crippen LogP contribution in [0.2, 0.25) is 0 Å². The van der Waals surface area contributed by atoms with E-state index in [-0.39, 0.29) is 17.3 Å². The molecule has 1 heterocycles. The largest absolute Gasteiger partial charge is 0.457 e. The number of nitrogens with two attached hydrogens (primary N) is 1. The highest BCUT2D eigenvalue weighted by molar-refractivity contribution is 7.89. The van der Waals surface area contributed by atoms with Crippen LogP contribution in [0.15, 0.2) is 71.9 Å². The molecule has 0 aliphatic rings. The van der Waals surface area contributed by atoms with Crippen molar-refractivity contribution in [3.8, 4) is 11.5 Å². The molecule has 26 heavy (non-hydrogen) atoms. The Kier molecular flexibility index (Phi) is 5.20. The van der Waals surface area contributed by atoms with Gasteiger partial charge in [0.2, 0.25) is 0 Å². The third kappa shape index (κ3) is 4.19. The standard InChI is InChI=1S/C19H19N3O3S/c1-14-8-10-16(11-9-14)25-18-7-3-2-5-15(18)13-22-26(23,24)19-17(20)6-4-12-21-19/h2-12,22H,13,20H2,1H3. The van der Waals surface area contributed by atoms with Crippen LogP contribution in [0.5, 0.6) is 11.5 Å². The van der Waals surface area contributed by atoms with Gasteiger partial charge in [0.05, 0.1) is 5.69 Å². The number of nitrogens with one attached hydrogen (secondary N) is 1. The molecule has 0 unspecified atom stereocenters. The summed E-state index contributed by atoms with van der Waals surface area (Å²) in [5, 5.41) is -0.183. The first-order chi connectivity index (χ1) is 12.5. The van der Waals surface area contributed by atoms with Crippen molar-refractivity contribution in [1.82, 2.24) is 9.71 Å². The van der Waals surface area contributed by atoms with Crippen molar-refractivity contribution in [1.29, 1.82) is 0 Å². The van der Waals surface area contributed by atoms with Gasteiger partial charge in [-0.3, -0.25) is 0 Å². The molecule has 3 aromatic rings. The minimum atomic E-state index is -3.83. The topological polar surface area (TPSA) is 94.3 Å². The number of para-hydroxylation sites is 1. The normalized spacial score (nSPS) is 11.3. The Labute approximate surface area is 152 Å². The highest BCUT2D eigenvalue weighted by Gasteiger charge is 2.19. The van der Waals surface area contributed by atoms with E-state index in [9.17, 15) is 8.42 Å². The number of nitrogens with zero attached hydrogens (tertiary/aromatic N) is 1. The zero-order valence-electron chi connectivity index (χ0n) is 14.2. The Morgan fingerprint density at radius 1 is 1.04 bits per heavy atom. The van der Waals surface area contributed by atoms with Crippen LogP contribution in [0.1, 0.15) is 11.1 Å². The summed E-state index contributed by atoms with van der Waals surface area (Å²) < 4.78 is 33.3. The Bertz CT molecular complexity index is 1000. The molecular weight excluding hydrogens is 350 g/mol. The molecule has 0 aliphatic carbocycles. The maximum atomic E-state index is 12.4. The molecule has 0 aliphatic heterocycles. The van der Waals surface area contributed by atoms with Crippen LogP contribution in [0.4, 0.5) is 5.69 Å². The third-order valence-corrected chi connectivity index (χ3v) is 5.10. The SMILES string of the molecule is Cc1ccc(Oc2ccccc2CNS(=O)(=O)c2ncccc2N)cc1. The predicted molar refractivity (Wildman–Crippen MR) is 100 cm³/mol. The van der Waals surface area contributed by atoms with Crippen molar-refractivity contribution in [3.05, 3.63) is 78.0 Å². The zero-order valence-corrected chi connectivity index (χ0v) is 15.0. The number of pyridine rings is 1. The first kappa shape index (κ1) is 17.9. The molecule has 0 saturated heterocycles. The smallest absolute Gasteiger partial charge is 0.260 e. The number of aryl methyl sites for hydroxylation is 1. The molecule has 0 atom stereocenters. The van der Waals surface area contributed by atoms with E-state index in [1.165, 1.54) is 12.3 Å². The van der Waals surface area contributed by atoms with Crippen molar-refractivity contribution in [2.45, 2.75) is 18.5 Å². The fraction of sp³-hybridized carbons (Fsp3) is 0.105. The second-order valence-electron chi connectivity index (χ2n) is 5.75. The number of anilines is 1. The Morgan fingerprint density at radius 2 is 1.77 bits per heavy atom. The molecule has 1 aromatic heterocycles. The number of rotatable bonds is 6. The van der Waals surface area contributed by atoms with Crippen LogP contribution in [-0.4, -0.2) is 13.4 Å². The lowest BCUT2D eigenvalue weighted by molar-refractivity contribution is 0.475. The van der Waals surface area contributed by atoms with E-state index in [0.717, 1.165) is 5.56 Å². The van der Waals surface area contributed by atoms with Gasteiger partial charge in [-0.05, 0) is 37.3 Å². The van der Waals surface area contributed by atoms with Gasteiger partial charge in [0.25, 0.3) is 10.0 Å². The molecule has 0 radical (unpaired) electrons. The van der Waals surface area contributed by atoms with Gasteiger partial charge < -0.3 is 10.5 Å². The zero-order chi connectivity index (χ0) is 18.6. The summed E-state index contributed by atoms with van der Waals surface area (Å²) in [5.74, 6) is 1.26. The third-order valence-electron chi connectivity index (χ3n) is 3.73. The monoisotopic (exact) mass is 369 g/mol. The number of benzene rings is 2. The summed E-state index contributed by atoms with van der Waals surface area (Å²) in [5.41, 5.74) is 7.65. The predicted octanol–water partition coefficient (Wildman–Crippen LogP) is 3.24. The van der Waals surface area contributed by atoms with Gasteiger partial charge in [0, 0.05) is 18.3 Å². The van der Waals surface area contributed by atoms with Gasteiger partial charge in [-0.15, -0.1) is 0 Å². The van der Waals surface area contributed by atoms with Crippen LogP contribution < -0.4 is 15.2 Å². The summed E-state index contributed by atoms with van der Waals surface area (Å²) in [7, 11) is -3.83. The van der Waals surface area contributed by atoms with E-state index in [4.69, 9.17) is 10.5 Å². The van der Waals surface area contributed by atoms with E-state index in [2.05, 4.69) is 9.71 Å². The van der Waals surface area contributed by atoms with Crippen LogP contribution in [0, 0.1) is 6.92 Å². The summed E-state index contributed by atoms with van der Waals surface area (Å²) >= 11 is 0. The van der Waals surface area contributed by atoms with Crippen molar-refractivity contribution in [2.75, 3.05) is 5.73 Å². The fourth-order valence-electron chi connectivity index (χ4n) is 2.35. The summed E-state index contributed by atoms with van der Waals surface area (Å²) in [6, 6.07) is 17.9. The van der Waals surface area contributed by atoms with Crippen molar-refractivity contribution in [2.24, 2.45) is 0 Å². The second kappa shape index (κ2) is 7.55. The summed E-state index contributed by atoms with van der Waals surface area (Å²) in [6.45, 7) is 2.05. The summed E-state index contributed by atoms with van der Waals surface area (Å²) in [6.07, 6.45) is 1.39. The first-order valence-corrected chi connectivity index (χ1v) is 9.46.